The average molecular weight is 393 g/mol. The molecule has 0 aliphatic carbocycles. The van der Waals surface area contributed by atoms with Crippen LogP contribution in [0.1, 0.15) is 12.5 Å². The van der Waals surface area contributed by atoms with Gasteiger partial charge in [-0.05, 0) is 38.6 Å². The van der Waals surface area contributed by atoms with E-state index in [1.807, 2.05) is 38.1 Å². The molecule has 2 unspecified atom stereocenters. The molecule has 1 heterocycles. The molecule has 1 saturated heterocycles. The minimum absolute atomic E-state index is 0.0309. The Hall–Kier alpha value is -2.16. The maximum absolute atomic E-state index is 12.4. The summed E-state index contributed by atoms with van der Waals surface area (Å²) < 4.78 is 11.4. The van der Waals surface area contributed by atoms with E-state index in [1.54, 1.807) is 11.9 Å². The van der Waals surface area contributed by atoms with E-state index in [-0.39, 0.29) is 24.6 Å². The first kappa shape index (κ1) is 22.1. The van der Waals surface area contributed by atoms with Gasteiger partial charge < -0.3 is 19.9 Å². The number of hydrogen-bond donors (Lipinski definition) is 2. The van der Waals surface area contributed by atoms with E-state index in [1.165, 1.54) is 0 Å². The summed E-state index contributed by atoms with van der Waals surface area (Å²) in [6.07, 6.45) is -0.113. The number of morpholine rings is 1. The fourth-order valence-corrected chi connectivity index (χ4v) is 3.21. The van der Waals surface area contributed by atoms with Crippen LogP contribution in [0.4, 0.5) is 0 Å². The van der Waals surface area contributed by atoms with Crippen LogP contribution in [0.5, 0.6) is 5.75 Å². The van der Waals surface area contributed by atoms with Crippen LogP contribution in [-0.2, 0) is 14.3 Å². The second-order valence-electron chi connectivity index (χ2n) is 7.21. The number of rotatable bonds is 10. The highest BCUT2D eigenvalue weighted by atomic mass is 16.5. The minimum Gasteiger partial charge on any atom is -0.492 e. The van der Waals surface area contributed by atoms with Crippen molar-refractivity contribution in [2.24, 2.45) is 0 Å². The van der Waals surface area contributed by atoms with Crippen LogP contribution in [0.25, 0.3) is 0 Å². The summed E-state index contributed by atoms with van der Waals surface area (Å²) in [5, 5.41) is 11.8. The van der Waals surface area contributed by atoms with Crippen molar-refractivity contribution in [3.63, 3.8) is 0 Å². The minimum atomic E-state index is -0.865. The van der Waals surface area contributed by atoms with Crippen molar-refractivity contribution >= 4 is 11.9 Å². The van der Waals surface area contributed by atoms with Crippen molar-refractivity contribution in [3.8, 4) is 5.75 Å². The number of nitrogens with one attached hydrogen (secondary N) is 1. The summed E-state index contributed by atoms with van der Waals surface area (Å²) in [5.41, 5.74) is 1.13. The van der Waals surface area contributed by atoms with Gasteiger partial charge in [-0.15, -0.1) is 0 Å². The molecule has 0 spiro atoms. The maximum atomic E-state index is 12.4. The smallest absolute Gasteiger partial charge is 0.317 e. The highest BCUT2D eigenvalue weighted by Crippen LogP contribution is 2.12. The van der Waals surface area contributed by atoms with E-state index in [4.69, 9.17) is 14.6 Å². The SMILES string of the molecule is Cc1cccc(OCCNC(=O)C(C)N2CCOC(CN(C)CC(=O)O)C2)c1. The van der Waals surface area contributed by atoms with E-state index < -0.39 is 5.97 Å². The van der Waals surface area contributed by atoms with Crippen LogP contribution in [0.2, 0.25) is 0 Å². The van der Waals surface area contributed by atoms with Crippen molar-refractivity contribution in [3.05, 3.63) is 29.8 Å². The first-order valence-corrected chi connectivity index (χ1v) is 9.58. The lowest BCUT2D eigenvalue weighted by Gasteiger charge is -2.37. The van der Waals surface area contributed by atoms with E-state index in [0.29, 0.717) is 39.4 Å². The van der Waals surface area contributed by atoms with Gasteiger partial charge in [0, 0.05) is 19.6 Å². The number of nitrogens with zero attached hydrogens (tertiary/aromatic N) is 2. The standard InChI is InChI=1S/C20H31N3O5/c1-15-5-4-6-17(11-15)27-9-7-21-20(26)16(2)23-8-10-28-18(13-23)12-22(3)14-19(24)25/h4-6,11,16,18H,7-10,12-14H2,1-3H3,(H,21,26)(H,24,25). The maximum Gasteiger partial charge on any atom is 0.317 e. The van der Waals surface area contributed by atoms with E-state index >= 15 is 0 Å². The molecule has 1 fully saturated rings. The largest absolute Gasteiger partial charge is 0.492 e. The second kappa shape index (κ2) is 11.0. The zero-order valence-corrected chi connectivity index (χ0v) is 16.9. The molecule has 2 rings (SSSR count). The highest BCUT2D eigenvalue weighted by molar-refractivity contribution is 5.81. The number of ether oxygens (including phenoxy) is 2. The molecule has 1 aromatic rings. The molecule has 2 N–H and O–H groups in total. The van der Waals surface area contributed by atoms with Crippen molar-refractivity contribution in [1.82, 2.24) is 15.1 Å². The fourth-order valence-electron chi connectivity index (χ4n) is 3.21. The van der Waals surface area contributed by atoms with Crippen LogP contribution in [0, 0.1) is 6.92 Å². The van der Waals surface area contributed by atoms with Gasteiger partial charge in [-0.1, -0.05) is 12.1 Å². The number of carboxylic acid groups (broad SMARTS) is 1. The Kier molecular flexibility index (Phi) is 8.69. The zero-order valence-electron chi connectivity index (χ0n) is 16.9. The van der Waals surface area contributed by atoms with E-state index in [9.17, 15) is 9.59 Å². The first-order valence-electron chi connectivity index (χ1n) is 9.58. The van der Waals surface area contributed by atoms with Gasteiger partial charge in [0.25, 0.3) is 0 Å². The first-order chi connectivity index (χ1) is 13.3. The summed E-state index contributed by atoms with van der Waals surface area (Å²) in [7, 11) is 1.75. The van der Waals surface area contributed by atoms with Crippen molar-refractivity contribution in [1.29, 1.82) is 0 Å². The molecule has 0 radical (unpaired) electrons. The molecule has 1 amide bonds. The van der Waals surface area contributed by atoms with Gasteiger partial charge in [0.05, 0.1) is 31.8 Å². The monoisotopic (exact) mass is 393 g/mol. The number of carbonyl (C=O) groups excluding carboxylic acids is 1. The predicted octanol–water partition coefficient (Wildman–Crippen LogP) is 0.596. The molecule has 8 heteroatoms. The van der Waals surface area contributed by atoms with Crippen LogP contribution in [0.3, 0.4) is 0 Å². The van der Waals surface area contributed by atoms with Gasteiger partial charge in [-0.3, -0.25) is 19.4 Å². The third-order valence-corrected chi connectivity index (χ3v) is 4.68. The van der Waals surface area contributed by atoms with Crippen molar-refractivity contribution in [2.45, 2.75) is 26.0 Å². The molecule has 28 heavy (non-hydrogen) atoms. The fraction of sp³-hybridized carbons (Fsp3) is 0.600. The molecule has 0 aromatic heterocycles. The number of hydrogen-bond acceptors (Lipinski definition) is 6. The van der Waals surface area contributed by atoms with E-state index in [0.717, 1.165) is 11.3 Å². The Balaban J connectivity index is 1.71. The quantitative estimate of drug-likeness (QED) is 0.563. The molecular formula is C20H31N3O5. The molecule has 1 aromatic carbocycles. The average Bonchev–Trinajstić information content (AvgIpc) is 2.64. The number of aliphatic carboxylic acids is 1. The highest BCUT2D eigenvalue weighted by Gasteiger charge is 2.28. The van der Waals surface area contributed by atoms with Crippen LogP contribution in [-0.4, -0.2) is 91.9 Å². The lowest BCUT2D eigenvalue weighted by atomic mass is 10.2. The van der Waals surface area contributed by atoms with Crippen LogP contribution in [0.15, 0.2) is 24.3 Å². The Morgan fingerprint density at radius 3 is 2.96 bits per heavy atom. The number of benzene rings is 1. The predicted molar refractivity (Wildman–Crippen MR) is 106 cm³/mol. The summed E-state index contributed by atoms with van der Waals surface area (Å²) in [5.74, 6) is -0.119. The van der Waals surface area contributed by atoms with Gasteiger partial charge >= 0.3 is 5.97 Å². The Labute approximate surface area is 166 Å². The Morgan fingerprint density at radius 2 is 2.25 bits per heavy atom. The number of carbonyl (C=O) groups is 2. The summed E-state index contributed by atoms with van der Waals surface area (Å²) in [6, 6.07) is 7.52. The Morgan fingerprint density at radius 1 is 1.46 bits per heavy atom. The molecule has 8 nitrogen and oxygen atoms in total. The topological polar surface area (TPSA) is 91.3 Å². The van der Waals surface area contributed by atoms with Crippen molar-refractivity contribution in [2.75, 3.05) is 53.0 Å². The number of carboxylic acids is 1. The van der Waals surface area contributed by atoms with Gasteiger partial charge in [0.15, 0.2) is 0 Å². The van der Waals surface area contributed by atoms with Crippen LogP contribution >= 0.6 is 0 Å². The number of likely N-dealkylation sites (N-methyl/N-ethyl adjacent to an activating group) is 1. The lowest BCUT2D eigenvalue weighted by Crippen LogP contribution is -2.54. The van der Waals surface area contributed by atoms with Gasteiger partial charge in [0.1, 0.15) is 12.4 Å². The molecular weight excluding hydrogens is 362 g/mol. The number of aryl methyl sites for hydroxylation is 1. The number of amides is 1. The second-order valence-corrected chi connectivity index (χ2v) is 7.21. The summed E-state index contributed by atoms with van der Waals surface area (Å²) in [4.78, 5) is 27.0. The molecule has 1 aliphatic heterocycles. The molecule has 156 valence electrons. The van der Waals surface area contributed by atoms with E-state index in [2.05, 4.69) is 10.2 Å². The third kappa shape index (κ3) is 7.46. The summed E-state index contributed by atoms with van der Waals surface area (Å²) >= 11 is 0. The zero-order chi connectivity index (χ0) is 20.5. The van der Waals surface area contributed by atoms with Crippen molar-refractivity contribution < 1.29 is 24.2 Å². The summed E-state index contributed by atoms with van der Waals surface area (Å²) in [6.45, 7) is 7.01. The lowest BCUT2D eigenvalue weighted by molar-refractivity contribution is -0.138. The third-order valence-electron chi connectivity index (χ3n) is 4.68. The van der Waals surface area contributed by atoms with Gasteiger partial charge in [-0.2, -0.15) is 0 Å². The molecule has 0 saturated carbocycles. The molecule has 2 atom stereocenters. The van der Waals surface area contributed by atoms with Crippen LogP contribution < -0.4 is 10.1 Å². The van der Waals surface area contributed by atoms with Gasteiger partial charge in [0.2, 0.25) is 5.91 Å². The normalized spacial score (nSPS) is 18.6. The van der Waals surface area contributed by atoms with Gasteiger partial charge in [-0.25, -0.2) is 0 Å². The molecule has 1 aliphatic rings. The Bertz CT molecular complexity index is 654. The molecule has 0 bridgehead atoms.